The number of hydrogen-bond acceptors (Lipinski definition) is 5. The lowest BCUT2D eigenvalue weighted by atomic mass is 10.2. The van der Waals surface area contributed by atoms with Crippen LogP contribution in [0.25, 0.3) is 0 Å². The summed E-state index contributed by atoms with van der Waals surface area (Å²) in [6.07, 6.45) is 4.77. The van der Waals surface area contributed by atoms with Gasteiger partial charge < -0.3 is 9.64 Å². The molecule has 6 heteroatoms. The van der Waals surface area contributed by atoms with Gasteiger partial charge >= 0.3 is 0 Å². The molecule has 0 radical (unpaired) electrons. The number of morpholine rings is 1. The summed E-state index contributed by atoms with van der Waals surface area (Å²) in [5.41, 5.74) is 0.771. The molecule has 0 N–H and O–H groups in total. The Bertz CT molecular complexity index is 599. The quantitative estimate of drug-likeness (QED) is 0.849. The summed E-state index contributed by atoms with van der Waals surface area (Å²) in [5.74, 6) is 0.0697. The third-order valence-corrected chi connectivity index (χ3v) is 4.21. The number of thiophene rings is 1. The highest BCUT2D eigenvalue weighted by atomic mass is 32.1. The van der Waals surface area contributed by atoms with Gasteiger partial charge in [0.1, 0.15) is 6.10 Å². The molecule has 0 unspecified atom stereocenters. The Morgan fingerprint density at radius 2 is 2.35 bits per heavy atom. The third-order valence-electron chi connectivity index (χ3n) is 3.22. The summed E-state index contributed by atoms with van der Waals surface area (Å²) >= 11 is 1.53. The number of amides is 1. The van der Waals surface area contributed by atoms with Gasteiger partial charge in [-0.2, -0.15) is 0 Å². The van der Waals surface area contributed by atoms with E-state index in [0.717, 1.165) is 15.4 Å². The Labute approximate surface area is 121 Å². The molecule has 2 aromatic rings. The minimum absolute atomic E-state index is 0.0697. The molecule has 2 aromatic heterocycles. The van der Waals surface area contributed by atoms with Gasteiger partial charge in [0.15, 0.2) is 0 Å². The highest BCUT2D eigenvalue weighted by Gasteiger charge is 2.27. The minimum atomic E-state index is -0.192. The lowest BCUT2D eigenvalue weighted by Crippen LogP contribution is -2.42. The van der Waals surface area contributed by atoms with Crippen molar-refractivity contribution in [2.75, 3.05) is 19.7 Å². The van der Waals surface area contributed by atoms with Crippen LogP contribution in [0.3, 0.4) is 0 Å². The fourth-order valence-corrected chi connectivity index (χ4v) is 3.03. The van der Waals surface area contributed by atoms with Crippen LogP contribution in [0.1, 0.15) is 26.3 Å². The summed E-state index contributed by atoms with van der Waals surface area (Å²) in [6.45, 7) is 3.67. The maximum Gasteiger partial charge on any atom is 0.264 e. The van der Waals surface area contributed by atoms with Crippen molar-refractivity contribution in [3.05, 3.63) is 46.2 Å². The minimum Gasteiger partial charge on any atom is -0.368 e. The molecular formula is C14H15N3O2S. The number of hydrogen-bond donors (Lipinski definition) is 0. The molecule has 1 fully saturated rings. The average molecular weight is 289 g/mol. The van der Waals surface area contributed by atoms with Gasteiger partial charge in [-0.05, 0) is 19.1 Å². The van der Waals surface area contributed by atoms with E-state index in [9.17, 15) is 4.79 Å². The van der Waals surface area contributed by atoms with E-state index in [1.165, 1.54) is 11.3 Å². The van der Waals surface area contributed by atoms with Crippen LogP contribution in [0.5, 0.6) is 0 Å². The molecule has 1 amide bonds. The summed E-state index contributed by atoms with van der Waals surface area (Å²) in [5, 5.41) is 0. The molecule has 1 saturated heterocycles. The maximum atomic E-state index is 12.4. The molecule has 0 aliphatic carbocycles. The van der Waals surface area contributed by atoms with Crippen LogP contribution in [0, 0.1) is 6.92 Å². The molecule has 1 atom stereocenters. The highest BCUT2D eigenvalue weighted by molar-refractivity contribution is 7.13. The normalized spacial score (nSPS) is 19.1. The Hall–Kier alpha value is -1.79. The molecule has 0 aromatic carbocycles. The Kier molecular flexibility index (Phi) is 3.75. The first-order valence-electron chi connectivity index (χ1n) is 6.47. The molecule has 104 valence electrons. The Morgan fingerprint density at radius 1 is 1.45 bits per heavy atom. The van der Waals surface area contributed by atoms with Gasteiger partial charge in [-0.3, -0.25) is 14.8 Å². The average Bonchev–Trinajstić information content (AvgIpc) is 2.94. The van der Waals surface area contributed by atoms with Gasteiger partial charge in [0.25, 0.3) is 5.91 Å². The number of carbonyl (C=O) groups is 1. The van der Waals surface area contributed by atoms with Gasteiger partial charge in [-0.1, -0.05) is 0 Å². The van der Waals surface area contributed by atoms with Crippen LogP contribution in [0.4, 0.5) is 0 Å². The van der Waals surface area contributed by atoms with E-state index < -0.39 is 0 Å². The standard InChI is InChI=1S/C14H15N3O2S/c1-10-2-3-13(20-10)14(18)17-6-7-19-12(9-17)11-8-15-4-5-16-11/h2-5,8,12H,6-7,9H2,1H3/t12-/m0/s1. The van der Waals surface area contributed by atoms with E-state index >= 15 is 0 Å². The van der Waals surface area contributed by atoms with Crippen LogP contribution in [-0.4, -0.2) is 40.5 Å². The molecule has 0 bridgehead atoms. The fraction of sp³-hybridized carbons (Fsp3) is 0.357. The predicted octanol–water partition coefficient (Wildman–Crippen LogP) is 2.06. The molecular weight excluding hydrogens is 274 g/mol. The van der Waals surface area contributed by atoms with Gasteiger partial charge in [0, 0.05) is 23.8 Å². The van der Waals surface area contributed by atoms with Crippen molar-refractivity contribution in [2.45, 2.75) is 13.0 Å². The Morgan fingerprint density at radius 3 is 3.05 bits per heavy atom. The predicted molar refractivity (Wildman–Crippen MR) is 75.7 cm³/mol. The van der Waals surface area contributed by atoms with E-state index in [0.29, 0.717) is 19.7 Å². The van der Waals surface area contributed by atoms with Gasteiger partial charge in [-0.25, -0.2) is 0 Å². The molecule has 1 aliphatic rings. The second-order valence-corrected chi connectivity index (χ2v) is 5.94. The topological polar surface area (TPSA) is 55.3 Å². The van der Waals surface area contributed by atoms with Crippen molar-refractivity contribution >= 4 is 17.2 Å². The van der Waals surface area contributed by atoms with Crippen molar-refractivity contribution in [2.24, 2.45) is 0 Å². The monoisotopic (exact) mass is 289 g/mol. The largest absolute Gasteiger partial charge is 0.368 e. The first-order chi connectivity index (χ1) is 9.74. The van der Waals surface area contributed by atoms with E-state index in [1.54, 1.807) is 18.6 Å². The van der Waals surface area contributed by atoms with Crippen LogP contribution >= 0.6 is 11.3 Å². The molecule has 1 aliphatic heterocycles. The molecule has 3 heterocycles. The summed E-state index contributed by atoms with van der Waals surface area (Å²) in [6, 6.07) is 3.85. The molecule has 20 heavy (non-hydrogen) atoms. The van der Waals surface area contributed by atoms with Gasteiger partial charge in [0.05, 0.1) is 29.9 Å². The number of rotatable bonds is 2. The number of ether oxygens (including phenoxy) is 1. The van der Waals surface area contributed by atoms with Crippen LogP contribution in [-0.2, 0) is 4.74 Å². The zero-order chi connectivity index (χ0) is 13.9. The summed E-state index contributed by atoms with van der Waals surface area (Å²) < 4.78 is 5.69. The number of aromatic nitrogens is 2. The zero-order valence-corrected chi connectivity index (χ0v) is 12.0. The van der Waals surface area contributed by atoms with Crippen molar-refractivity contribution in [3.8, 4) is 0 Å². The third kappa shape index (κ3) is 2.71. The smallest absolute Gasteiger partial charge is 0.264 e. The zero-order valence-electron chi connectivity index (χ0n) is 11.2. The van der Waals surface area contributed by atoms with Crippen molar-refractivity contribution < 1.29 is 9.53 Å². The van der Waals surface area contributed by atoms with Crippen LogP contribution < -0.4 is 0 Å². The van der Waals surface area contributed by atoms with Crippen molar-refractivity contribution in [3.63, 3.8) is 0 Å². The molecule has 3 rings (SSSR count). The highest BCUT2D eigenvalue weighted by Crippen LogP contribution is 2.23. The number of nitrogens with zero attached hydrogens (tertiary/aromatic N) is 3. The van der Waals surface area contributed by atoms with E-state index in [4.69, 9.17) is 4.74 Å². The van der Waals surface area contributed by atoms with Crippen molar-refractivity contribution in [1.82, 2.24) is 14.9 Å². The van der Waals surface area contributed by atoms with E-state index in [-0.39, 0.29) is 12.0 Å². The fourth-order valence-electron chi connectivity index (χ4n) is 2.19. The summed E-state index contributed by atoms with van der Waals surface area (Å²) in [4.78, 5) is 24.5. The van der Waals surface area contributed by atoms with Crippen LogP contribution in [0.2, 0.25) is 0 Å². The van der Waals surface area contributed by atoms with Gasteiger partial charge in [-0.15, -0.1) is 11.3 Å². The second kappa shape index (κ2) is 5.68. The van der Waals surface area contributed by atoms with Crippen molar-refractivity contribution in [1.29, 1.82) is 0 Å². The lowest BCUT2D eigenvalue weighted by molar-refractivity contribution is -0.0247. The van der Waals surface area contributed by atoms with Gasteiger partial charge in [0.2, 0.25) is 0 Å². The number of carbonyl (C=O) groups excluding carboxylic acids is 1. The summed E-state index contributed by atoms with van der Waals surface area (Å²) in [7, 11) is 0. The van der Waals surface area contributed by atoms with E-state index in [1.807, 2.05) is 24.0 Å². The maximum absolute atomic E-state index is 12.4. The molecule has 0 saturated carbocycles. The Balaban J connectivity index is 1.74. The SMILES string of the molecule is Cc1ccc(C(=O)N2CCO[C@H](c3cnccn3)C2)s1. The van der Waals surface area contributed by atoms with E-state index in [2.05, 4.69) is 9.97 Å². The molecule has 0 spiro atoms. The lowest BCUT2D eigenvalue weighted by Gasteiger charge is -2.32. The van der Waals surface area contributed by atoms with Crippen LogP contribution in [0.15, 0.2) is 30.7 Å². The molecule has 5 nitrogen and oxygen atoms in total. The number of aryl methyl sites for hydroxylation is 1. The first kappa shape index (κ1) is 13.2. The first-order valence-corrected chi connectivity index (χ1v) is 7.29. The second-order valence-electron chi connectivity index (χ2n) is 4.65.